The summed E-state index contributed by atoms with van der Waals surface area (Å²) in [5.74, 6) is 0. The molecule has 0 fully saturated rings. The fourth-order valence-electron chi connectivity index (χ4n) is 14.5. The smallest absolute Gasteiger partial charge is 0.0482 e. The van der Waals surface area contributed by atoms with Gasteiger partial charge in [0.2, 0.25) is 0 Å². The predicted octanol–water partition coefficient (Wildman–Crippen LogP) is 32.6. The summed E-state index contributed by atoms with van der Waals surface area (Å²) in [6.45, 7) is 0. The number of nitrogens with zero attached hydrogens (tertiary/aromatic N) is 4. The summed E-state index contributed by atoms with van der Waals surface area (Å²) in [6, 6.07) is 185. The van der Waals surface area contributed by atoms with Gasteiger partial charge in [0.15, 0.2) is 0 Å². The van der Waals surface area contributed by atoms with Crippen LogP contribution in [0, 0.1) is 0 Å². The molecule has 19 aromatic carbocycles. The first-order valence-corrected chi connectivity index (χ1v) is 41.1. The zero-order chi connectivity index (χ0) is 82.4. The highest BCUT2D eigenvalue weighted by Crippen LogP contribution is 2.42. The van der Waals surface area contributed by atoms with Crippen molar-refractivity contribution >= 4 is 114 Å². The molecule has 0 spiro atoms. The fourth-order valence-corrected chi connectivity index (χ4v) is 14.5. The lowest BCUT2D eigenvalue weighted by molar-refractivity contribution is 1.28. The summed E-state index contributed by atoms with van der Waals surface area (Å²) < 4.78 is 0. The maximum Gasteiger partial charge on any atom is 0.0482 e. The van der Waals surface area contributed by atoms with E-state index in [0.29, 0.717) is 0 Å². The molecule has 0 aliphatic carbocycles. The number of benzene rings is 19. The van der Waals surface area contributed by atoms with Gasteiger partial charge in [-0.25, -0.2) is 0 Å². The van der Waals surface area contributed by atoms with E-state index in [1.54, 1.807) is 0 Å². The van der Waals surface area contributed by atoms with Gasteiger partial charge in [-0.2, -0.15) is 0 Å². The zero-order valence-corrected chi connectivity index (χ0v) is 67.6. The Morgan fingerprint density at radius 1 is 0.0984 bits per heavy atom. The van der Waals surface area contributed by atoms with Crippen molar-refractivity contribution in [2.75, 3.05) is 40.9 Å². The highest BCUT2D eigenvalue weighted by atomic mass is 15.2. The summed E-state index contributed by atoms with van der Waals surface area (Å²) in [5, 5.41) is 13.8. The summed E-state index contributed by atoms with van der Waals surface area (Å²) in [6.07, 6.45) is 0. The normalized spacial score (nSPS) is 10.5. The van der Waals surface area contributed by atoms with Crippen molar-refractivity contribution in [1.29, 1.82) is 0 Å². The molecular weight excluding hydrogens is 1480 g/mol. The molecule has 19 aromatic rings. The van der Waals surface area contributed by atoms with Crippen molar-refractivity contribution in [1.82, 2.24) is 0 Å². The SMILES string of the molecule is c1ccc(Nc2ccc(N(c3ccc(-c4ccccc4)cc3)c3ccc(-c4ccccc4)cc3)cc2)cc1.c1ccc(Nc2ccc(N(c3ccccc3)c3ccc(-c4ccccc4)cc3)cc2)cc1.c1ccc(Nc2ccc(N(c3ccccc3)c3ccccc3)cc2)cc1.c1ccc(Nc2cccc(N(c3ccccc3)c3ccccc3)c2)cc1. The molecule has 0 aliphatic heterocycles. The van der Waals surface area contributed by atoms with E-state index in [-0.39, 0.29) is 0 Å². The second-order valence-corrected chi connectivity index (χ2v) is 28.9. The van der Waals surface area contributed by atoms with Crippen LogP contribution in [0.2, 0.25) is 0 Å². The predicted molar refractivity (Wildman–Crippen MR) is 520 cm³/mol. The van der Waals surface area contributed by atoms with Crippen LogP contribution in [-0.4, -0.2) is 0 Å². The van der Waals surface area contributed by atoms with E-state index in [4.69, 9.17) is 0 Å². The van der Waals surface area contributed by atoms with Gasteiger partial charge in [0.05, 0.1) is 0 Å². The van der Waals surface area contributed by atoms with Crippen molar-refractivity contribution in [2.24, 2.45) is 0 Å². The third-order valence-electron chi connectivity index (χ3n) is 20.5. The van der Waals surface area contributed by atoms with Gasteiger partial charge in [-0.3, -0.25) is 0 Å². The van der Waals surface area contributed by atoms with Crippen molar-refractivity contribution in [3.63, 3.8) is 0 Å². The molecule has 0 saturated heterocycles. The second-order valence-electron chi connectivity index (χ2n) is 28.9. The van der Waals surface area contributed by atoms with Crippen LogP contribution in [0.1, 0.15) is 0 Å². The van der Waals surface area contributed by atoms with Crippen molar-refractivity contribution < 1.29 is 0 Å². The Morgan fingerprint density at radius 3 is 0.459 bits per heavy atom. The molecule has 0 heterocycles. The molecule has 0 amide bonds. The molecule has 0 unspecified atom stereocenters. The first-order valence-electron chi connectivity index (χ1n) is 41.1. The molecular formula is C114H92N8. The maximum absolute atomic E-state index is 3.48. The van der Waals surface area contributed by atoms with E-state index in [1.807, 2.05) is 109 Å². The van der Waals surface area contributed by atoms with Gasteiger partial charge in [-0.15, -0.1) is 0 Å². The first-order chi connectivity index (χ1) is 60.5. The van der Waals surface area contributed by atoms with E-state index in [0.717, 1.165) is 114 Å². The Balaban J connectivity index is 0.000000122. The average Bonchev–Trinajstić information content (AvgIpc) is 0.791. The minimum atomic E-state index is 1.05. The standard InChI is InChI=1S/C36H28N2.C30H24N2.2C24H20N2/c1-4-10-28(11-5-1)30-16-22-34(23-17-30)38(35-24-18-31(19-25-35)29-12-6-2-7-13-29)36-26-20-33(21-27-36)37-32-14-8-3-9-15-32;1-4-10-24(11-5-1)25-16-20-29(21-17-25)32(28-14-8-3-9-15-28)30-22-18-27(19-23-30)31-26-12-6-2-7-13-26;1-4-11-20(12-5-1)25-21-13-10-18-24(19-21)26(22-14-6-2-7-15-22)23-16-8-3-9-17-23;1-4-10-20(11-5-1)25-21-16-18-24(19-17-21)26(22-12-6-2-7-13-22)23-14-8-3-9-15-23/h1-27,37H;1-23,31H;2*1-19,25H. The van der Waals surface area contributed by atoms with Gasteiger partial charge < -0.3 is 40.9 Å². The Kier molecular flexibility index (Phi) is 26.6. The van der Waals surface area contributed by atoms with Gasteiger partial charge in [-0.05, 0) is 270 Å². The Morgan fingerprint density at radius 2 is 0.238 bits per heavy atom. The summed E-state index contributed by atoms with van der Waals surface area (Å²) >= 11 is 0. The van der Waals surface area contributed by atoms with E-state index in [1.165, 1.54) is 33.4 Å². The molecule has 0 radical (unpaired) electrons. The van der Waals surface area contributed by atoms with Crippen LogP contribution in [0.4, 0.5) is 114 Å². The topological polar surface area (TPSA) is 61.1 Å². The average molecular weight is 1570 g/mol. The Bertz CT molecular complexity index is 6100. The molecule has 0 aromatic heterocycles. The van der Waals surface area contributed by atoms with Crippen LogP contribution in [0.5, 0.6) is 0 Å². The number of rotatable bonds is 23. The highest BCUT2D eigenvalue weighted by Gasteiger charge is 2.18. The van der Waals surface area contributed by atoms with Crippen LogP contribution in [0.15, 0.2) is 534 Å². The van der Waals surface area contributed by atoms with Crippen molar-refractivity contribution in [2.45, 2.75) is 0 Å². The largest absolute Gasteiger partial charge is 0.356 e. The number of anilines is 20. The van der Waals surface area contributed by atoms with E-state index in [9.17, 15) is 0 Å². The van der Waals surface area contributed by atoms with Gasteiger partial charge in [0.25, 0.3) is 0 Å². The fraction of sp³-hybridized carbons (Fsp3) is 0. The summed E-state index contributed by atoms with van der Waals surface area (Å²) in [4.78, 5) is 9.10. The maximum atomic E-state index is 3.48. The lowest BCUT2D eigenvalue weighted by Crippen LogP contribution is -2.09. The van der Waals surface area contributed by atoms with Crippen LogP contribution in [0.25, 0.3) is 33.4 Å². The Labute approximate surface area is 717 Å². The summed E-state index contributed by atoms with van der Waals surface area (Å²) in [5.41, 5.74) is 29.3. The summed E-state index contributed by atoms with van der Waals surface area (Å²) in [7, 11) is 0. The molecule has 0 saturated carbocycles. The molecule has 122 heavy (non-hydrogen) atoms. The van der Waals surface area contributed by atoms with Crippen molar-refractivity contribution in [3.8, 4) is 33.4 Å². The van der Waals surface area contributed by atoms with Crippen LogP contribution >= 0.6 is 0 Å². The molecule has 19 rings (SSSR count). The van der Waals surface area contributed by atoms with Crippen molar-refractivity contribution in [3.05, 3.63) is 534 Å². The molecule has 8 heteroatoms. The number of hydrogen-bond acceptors (Lipinski definition) is 8. The third-order valence-corrected chi connectivity index (χ3v) is 20.5. The van der Waals surface area contributed by atoms with Gasteiger partial charge in [-0.1, -0.05) is 297 Å². The molecule has 0 aliphatic rings. The van der Waals surface area contributed by atoms with Crippen LogP contribution < -0.4 is 40.9 Å². The van der Waals surface area contributed by atoms with E-state index in [2.05, 4.69) is 466 Å². The molecule has 8 nitrogen and oxygen atoms in total. The highest BCUT2D eigenvalue weighted by molar-refractivity contribution is 5.85. The first kappa shape index (κ1) is 79.4. The zero-order valence-electron chi connectivity index (χ0n) is 67.6. The number of hydrogen-bond donors (Lipinski definition) is 4. The minimum absolute atomic E-state index is 1.05. The monoisotopic (exact) mass is 1570 g/mol. The number of para-hydroxylation sites is 9. The van der Waals surface area contributed by atoms with E-state index >= 15 is 0 Å². The Hall–Kier alpha value is -16.4. The van der Waals surface area contributed by atoms with Crippen LogP contribution in [0.3, 0.4) is 0 Å². The van der Waals surface area contributed by atoms with Crippen LogP contribution in [-0.2, 0) is 0 Å². The van der Waals surface area contributed by atoms with Gasteiger partial charge in [0.1, 0.15) is 0 Å². The molecule has 0 bridgehead atoms. The lowest BCUT2D eigenvalue weighted by atomic mass is 10.0. The minimum Gasteiger partial charge on any atom is -0.356 e. The van der Waals surface area contributed by atoms with Gasteiger partial charge in [0, 0.05) is 114 Å². The van der Waals surface area contributed by atoms with E-state index < -0.39 is 0 Å². The lowest BCUT2D eigenvalue weighted by Gasteiger charge is -2.26. The number of nitrogens with one attached hydrogen (secondary N) is 4. The second kappa shape index (κ2) is 40.9. The quantitative estimate of drug-likeness (QED) is 0.0505. The van der Waals surface area contributed by atoms with Gasteiger partial charge >= 0.3 is 0 Å². The molecule has 0 atom stereocenters. The molecule has 4 N–H and O–H groups in total. The third kappa shape index (κ3) is 21.4. The molecule has 588 valence electrons.